The second-order valence-corrected chi connectivity index (χ2v) is 6.75. The summed E-state index contributed by atoms with van der Waals surface area (Å²) in [6, 6.07) is 9.11. The van der Waals surface area contributed by atoms with Crippen molar-refractivity contribution in [3.05, 3.63) is 47.0 Å². The van der Waals surface area contributed by atoms with Crippen molar-refractivity contribution in [3.8, 4) is 0 Å². The van der Waals surface area contributed by atoms with E-state index in [1.54, 1.807) is 0 Å². The van der Waals surface area contributed by atoms with Crippen LogP contribution in [-0.2, 0) is 6.54 Å². The molecule has 126 valence electrons. The summed E-state index contributed by atoms with van der Waals surface area (Å²) in [7, 11) is 0. The summed E-state index contributed by atoms with van der Waals surface area (Å²) in [5.41, 5.74) is 1.38. The third-order valence-corrected chi connectivity index (χ3v) is 4.50. The van der Waals surface area contributed by atoms with Crippen molar-refractivity contribution in [1.29, 1.82) is 0 Å². The third kappa shape index (κ3) is 6.36. The number of hydrogen-bond acceptors (Lipinski definition) is 2. The Labute approximate surface area is 148 Å². The van der Waals surface area contributed by atoms with Gasteiger partial charge in [0.15, 0.2) is 5.96 Å². The van der Waals surface area contributed by atoms with Crippen LogP contribution >= 0.6 is 15.9 Å². The van der Waals surface area contributed by atoms with Gasteiger partial charge in [-0.05, 0) is 37.5 Å². The molecule has 1 heterocycles. The number of rotatable bonds is 6. The molecule has 1 aromatic carbocycles. The van der Waals surface area contributed by atoms with Crippen LogP contribution in [0.3, 0.4) is 0 Å². The minimum atomic E-state index is 0.499. The predicted octanol–water partition coefficient (Wildman–Crippen LogP) is 3.15. The van der Waals surface area contributed by atoms with Crippen LogP contribution in [0.25, 0.3) is 0 Å². The first-order valence-corrected chi connectivity index (χ1v) is 9.13. The van der Waals surface area contributed by atoms with Crippen LogP contribution in [0.4, 0.5) is 0 Å². The first-order valence-electron chi connectivity index (χ1n) is 8.33. The highest BCUT2D eigenvalue weighted by atomic mass is 79.9. The first kappa shape index (κ1) is 18.0. The number of nitrogens with zero attached hydrogens (tertiary/aromatic N) is 2. The fourth-order valence-corrected chi connectivity index (χ4v) is 3.02. The number of hydrogen-bond donors (Lipinski definition) is 2. The molecule has 2 N–H and O–H groups in total. The Kier molecular flexibility index (Phi) is 7.62. The molecular formula is C18H27BrN4. The summed E-state index contributed by atoms with van der Waals surface area (Å²) >= 11 is 3.49. The minimum Gasteiger partial charge on any atom is -0.357 e. The van der Waals surface area contributed by atoms with Gasteiger partial charge in [0.2, 0.25) is 0 Å². The standard InChI is InChI=1S/C18H27BrN4/c1-3-11-21-18(20-4-2)22-17-9-12-23(13-10-17)14-15-5-7-16(19)8-6-15/h3,5-8,17H,1,4,9-14H2,2H3,(H2,20,21,22). The monoisotopic (exact) mass is 378 g/mol. The van der Waals surface area contributed by atoms with E-state index in [2.05, 4.69) is 74.2 Å². The van der Waals surface area contributed by atoms with Crippen LogP contribution in [0.15, 0.2) is 46.4 Å². The second kappa shape index (κ2) is 9.73. The number of nitrogens with one attached hydrogen (secondary N) is 2. The summed E-state index contributed by atoms with van der Waals surface area (Å²) in [4.78, 5) is 7.00. The second-order valence-electron chi connectivity index (χ2n) is 5.83. The molecule has 23 heavy (non-hydrogen) atoms. The van der Waals surface area contributed by atoms with Crippen LogP contribution in [-0.4, -0.2) is 43.1 Å². The molecule has 5 heteroatoms. The molecule has 1 fully saturated rings. The molecule has 0 aromatic heterocycles. The van der Waals surface area contributed by atoms with Gasteiger partial charge in [0, 0.05) is 36.7 Å². The van der Waals surface area contributed by atoms with Gasteiger partial charge in [-0.3, -0.25) is 4.90 Å². The zero-order valence-electron chi connectivity index (χ0n) is 13.9. The van der Waals surface area contributed by atoms with E-state index in [4.69, 9.17) is 0 Å². The Hall–Kier alpha value is -1.33. The van der Waals surface area contributed by atoms with Gasteiger partial charge in [0.1, 0.15) is 0 Å². The first-order chi connectivity index (χ1) is 11.2. The lowest BCUT2D eigenvalue weighted by Gasteiger charge is -2.33. The minimum absolute atomic E-state index is 0.499. The zero-order chi connectivity index (χ0) is 16.5. The molecule has 1 aliphatic heterocycles. The topological polar surface area (TPSA) is 39.7 Å². The van der Waals surface area contributed by atoms with E-state index < -0.39 is 0 Å². The highest BCUT2D eigenvalue weighted by molar-refractivity contribution is 9.10. The van der Waals surface area contributed by atoms with E-state index in [1.165, 1.54) is 5.56 Å². The van der Waals surface area contributed by atoms with Gasteiger partial charge in [-0.2, -0.15) is 0 Å². The Morgan fingerprint density at radius 1 is 1.35 bits per heavy atom. The van der Waals surface area contributed by atoms with E-state index in [-0.39, 0.29) is 0 Å². The highest BCUT2D eigenvalue weighted by Crippen LogP contribution is 2.16. The largest absolute Gasteiger partial charge is 0.357 e. The fourth-order valence-electron chi connectivity index (χ4n) is 2.75. The number of benzene rings is 1. The summed E-state index contributed by atoms with van der Waals surface area (Å²) < 4.78 is 1.14. The molecule has 0 saturated carbocycles. The zero-order valence-corrected chi connectivity index (χ0v) is 15.5. The van der Waals surface area contributed by atoms with Gasteiger partial charge in [-0.15, -0.1) is 6.58 Å². The van der Waals surface area contributed by atoms with Crippen LogP contribution in [0.5, 0.6) is 0 Å². The van der Waals surface area contributed by atoms with Gasteiger partial charge in [0.05, 0.1) is 6.54 Å². The van der Waals surface area contributed by atoms with Gasteiger partial charge in [-0.1, -0.05) is 34.1 Å². The number of aliphatic imine (C=N–C) groups is 1. The van der Waals surface area contributed by atoms with Gasteiger partial charge >= 0.3 is 0 Å². The lowest BCUT2D eigenvalue weighted by atomic mass is 10.0. The van der Waals surface area contributed by atoms with E-state index in [0.717, 1.165) is 49.5 Å². The van der Waals surface area contributed by atoms with Crippen molar-refractivity contribution in [1.82, 2.24) is 15.5 Å². The molecule has 1 aliphatic rings. The van der Waals surface area contributed by atoms with Crippen molar-refractivity contribution in [2.45, 2.75) is 32.4 Å². The van der Waals surface area contributed by atoms with Crippen LogP contribution < -0.4 is 10.6 Å². The van der Waals surface area contributed by atoms with Crippen molar-refractivity contribution < 1.29 is 0 Å². The smallest absolute Gasteiger partial charge is 0.191 e. The van der Waals surface area contributed by atoms with Gasteiger partial charge in [-0.25, -0.2) is 4.99 Å². The lowest BCUT2D eigenvalue weighted by molar-refractivity contribution is 0.198. The van der Waals surface area contributed by atoms with Crippen molar-refractivity contribution in [2.75, 3.05) is 26.2 Å². The average Bonchev–Trinajstić information content (AvgIpc) is 2.57. The summed E-state index contributed by atoms with van der Waals surface area (Å²) in [5, 5.41) is 6.84. The normalized spacial score (nSPS) is 17.0. The van der Waals surface area contributed by atoms with E-state index >= 15 is 0 Å². The maximum atomic E-state index is 4.48. The fraction of sp³-hybridized carbons (Fsp3) is 0.500. The SMILES string of the molecule is C=CCN=C(NCC)NC1CCN(Cc2ccc(Br)cc2)CC1. The van der Waals surface area contributed by atoms with Crippen molar-refractivity contribution >= 4 is 21.9 Å². The Balaban J connectivity index is 1.78. The molecular weight excluding hydrogens is 352 g/mol. The molecule has 2 rings (SSSR count). The lowest BCUT2D eigenvalue weighted by Crippen LogP contribution is -2.48. The Morgan fingerprint density at radius 2 is 2.04 bits per heavy atom. The molecule has 0 amide bonds. The average molecular weight is 379 g/mol. The molecule has 0 atom stereocenters. The quantitative estimate of drug-likeness (QED) is 0.453. The molecule has 0 spiro atoms. The van der Waals surface area contributed by atoms with Gasteiger partial charge < -0.3 is 10.6 Å². The summed E-state index contributed by atoms with van der Waals surface area (Å²) in [6.45, 7) is 10.6. The number of piperidine rings is 1. The maximum absolute atomic E-state index is 4.48. The summed E-state index contributed by atoms with van der Waals surface area (Å²) in [5.74, 6) is 0.902. The highest BCUT2D eigenvalue weighted by Gasteiger charge is 2.19. The molecule has 1 aromatic rings. The van der Waals surface area contributed by atoms with E-state index in [1.807, 2.05) is 6.08 Å². The molecule has 4 nitrogen and oxygen atoms in total. The molecule has 0 bridgehead atoms. The Morgan fingerprint density at radius 3 is 2.65 bits per heavy atom. The molecule has 0 aliphatic carbocycles. The molecule has 0 unspecified atom stereocenters. The predicted molar refractivity (Wildman–Crippen MR) is 102 cm³/mol. The van der Waals surface area contributed by atoms with E-state index in [0.29, 0.717) is 12.6 Å². The number of guanidine groups is 1. The van der Waals surface area contributed by atoms with Crippen LogP contribution in [0.2, 0.25) is 0 Å². The van der Waals surface area contributed by atoms with E-state index in [9.17, 15) is 0 Å². The van der Waals surface area contributed by atoms with Crippen molar-refractivity contribution in [3.63, 3.8) is 0 Å². The third-order valence-electron chi connectivity index (χ3n) is 3.97. The number of likely N-dealkylation sites (tertiary alicyclic amines) is 1. The van der Waals surface area contributed by atoms with Gasteiger partial charge in [0.25, 0.3) is 0 Å². The molecule has 1 saturated heterocycles. The number of halogens is 1. The van der Waals surface area contributed by atoms with Crippen LogP contribution in [0, 0.1) is 0 Å². The maximum Gasteiger partial charge on any atom is 0.191 e. The van der Waals surface area contributed by atoms with Crippen molar-refractivity contribution in [2.24, 2.45) is 4.99 Å². The van der Waals surface area contributed by atoms with Crippen LogP contribution in [0.1, 0.15) is 25.3 Å². The molecule has 0 radical (unpaired) electrons. The summed E-state index contributed by atoms with van der Waals surface area (Å²) in [6.07, 6.45) is 4.11. The Bertz CT molecular complexity index is 504.